The van der Waals surface area contributed by atoms with Gasteiger partial charge in [0.2, 0.25) is 0 Å². The maximum absolute atomic E-state index is 5.68. The molecular formula is C13H15N. The number of hydrogen-bond acceptors (Lipinski definition) is 1. The van der Waals surface area contributed by atoms with E-state index in [1.807, 2.05) is 6.07 Å². The Kier molecular flexibility index (Phi) is 2.56. The average molecular weight is 185 g/mol. The second kappa shape index (κ2) is 3.86. The van der Waals surface area contributed by atoms with E-state index in [0.717, 1.165) is 19.5 Å². The second-order valence-corrected chi connectivity index (χ2v) is 3.87. The van der Waals surface area contributed by atoms with Gasteiger partial charge >= 0.3 is 0 Å². The molecule has 1 aromatic rings. The number of hydrogen-bond donors (Lipinski definition) is 1. The monoisotopic (exact) mass is 185 g/mol. The van der Waals surface area contributed by atoms with Crippen LogP contribution in [-0.4, -0.2) is 13.1 Å². The van der Waals surface area contributed by atoms with E-state index in [0.29, 0.717) is 0 Å². The largest absolute Gasteiger partial charge is 0.315 e. The highest BCUT2D eigenvalue weighted by Crippen LogP contribution is 2.30. The minimum Gasteiger partial charge on any atom is -0.315 e. The zero-order chi connectivity index (χ0) is 9.86. The summed E-state index contributed by atoms with van der Waals surface area (Å²) >= 11 is 0. The highest BCUT2D eigenvalue weighted by molar-refractivity contribution is 5.35. The Morgan fingerprint density at radius 1 is 1.29 bits per heavy atom. The van der Waals surface area contributed by atoms with Crippen molar-refractivity contribution in [3.63, 3.8) is 0 Å². The maximum atomic E-state index is 5.68. The van der Waals surface area contributed by atoms with E-state index in [4.69, 9.17) is 6.42 Å². The van der Waals surface area contributed by atoms with Crippen LogP contribution < -0.4 is 5.32 Å². The van der Waals surface area contributed by atoms with Gasteiger partial charge in [0.25, 0.3) is 0 Å². The lowest BCUT2D eigenvalue weighted by atomic mass is 9.75. The van der Waals surface area contributed by atoms with Crippen LogP contribution in [-0.2, 0) is 5.41 Å². The molecule has 0 bridgehead atoms. The summed E-state index contributed by atoms with van der Waals surface area (Å²) in [5, 5.41) is 3.38. The molecule has 1 saturated heterocycles. The first-order valence-electron chi connectivity index (χ1n) is 5.11. The Bertz CT molecular complexity index is 328. The van der Waals surface area contributed by atoms with E-state index in [2.05, 4.69) is 35.5 Å². The molecule has 0 spiro atoms. The normalized spacial score (nSPS) is 26.8. The first-order chi connectivity index (χ1) is 6.87. The summed E-state index contributed by atoms with van der Waals surface area (Å²) < 4.78 is 0. The van der Waals surface area contributed by atoms with Gasteiger partial charge in [-0.05, 0) is 24.9 Å². The van der Waals surface area contributed by atoms with Crippen LogP contribution in [0.5, 0.6) is 0 Å². The lowest BCUT2D eigenvalue weighted by Gasteiger charge is -2.33. The molecule has 72 valence electrons. The van der Waals surface area contributed by atoms with Gasteiger partial charge in [0.1, 0.15) is 0 Å². The molecule has 2 rings (SSSR count). The fourth-order valence-electron chi connectivity index (χ4n) is 2.12. The molecule has 1 heteroatoms. The van der Waals surface area contributed by atoms with Crippen LogP contribution in [0.4, 0.5) is 0 Å². The predicted molar refractivity (Wildman–Crippen MR) is 59.1 cm³/mol. The van der Waals surface area contributed by atoms with Crippen LogP contribution in [0, 0.1) is 12.3 Å². The molecule has 1 nitrogen and oxygen atoms in total. The van der Waals surface area contributed by atoms with E-state index in [9.17, 15) is 0 Å². The molecule has 0 radical (unpaired) electrons. The molecule has 1 aliphatic rings. The first-order valence-corrected chi connectivity index (χ1v) is 5.11. The van der Waals surface area contributed by atoms with Crippen molar-refractivity contribution < 1.29 is 0 Å². The van der Waals surface area contributed by atoms with Gasteiger partial charge in [-0.15, -0.1) is 6.42 Å². The van der Waals surface area contributed by atoms with Crippen molar-refractivity contribution in [2.24, 2.45) is 0 Å². The van der Waals surface area contributed by atoms with Crippen molar-refractivity contribution in [3.05, 3.63) is 35.9 Å². The minimum atomic E-state index is -0.0699. The summed E-state index contributed by atoms with van der Waals surface area (Å²) in [7, 11) is 0. The number of piperidine rings is 1. The molecule has 0 aliphatic carbocycles. The van der Waals surface area contributed by atoms with Crippen molar-refractivity contribution >= 4 is 0 Å². The van der Waals surface area contributed by atoms with Gasteiger partial charge in [-0.25, -0.2) is 0 Å². The van der Waals surface area contributed by atoms with Crippen LogP contribution in [0.1, 0.15) is 18.4 Å². The maximum Gasteiger partial charge on any atom is 0.0684 e. The average Bonchev–Trinajstić information content (AvgIpc) is 2.31. The van der Waals surface area contributed by atoms with E-state index >= 15 is 0 Å². The van der Waals surface area contributed by atoms with Crippen molar-refractivity contribution in [3.8, 4) is 12.3 Å². The van der Waals surface area contributed by atoms with Crippen LogP contribution in [0.25, 0.3) is 0 Å². The highest BCUT2D eigenvalue weighted by atomic mass is 14.9. The second-order valence-electron chi connectivity index (χ2n) is 3.87. The summed E-state index contributed by atoms with van der Waals surface area (Å²) in [6.07, 6.45) is 7.94. The molecule has 1 aliphatic heterocycles. The van der Waals surface area contributed by atoms with Crippen LogP contribution in [0.3, 0.4) is 0 Å². The van der Waals surface area contributed by atoms with Gasteiger partial charge < -0.3 is 5.32 Å². The third-order valence-corrected chi connectivity index (χ3v) is 2.99. The summed E-state index contributed by atoms with van der Waals surface area (Å²) in [5.74, 6) is 2.97. The Labute approximate surface area is 85.5 Å². The Morgan fingerprint density at radius 3 is 2.64 bits per heavy atom. The molecule has 0 saturated carbocycles. The molecule has 1 aromatic carbocycles. The van der Waals surface area contributed by atoms with E-state index in [1.54, 1.807) is 0 Å². The molecule has 1 unspecified atom stereocenters. The van der Waals surface area contributed by atoms with Crippen LogP contribution in [0.15, 0.2) is 30.3 Å². The molecule has 1 heterocycles. The lowest BCUT2D eigenvalue weighted by molar-refractivity contribution is 0.389. The fraction of sp³-hybridized carbons (Fsp3) is 0.385. The summed E-state index contributed by atoms with van der Waals surface area (Å²) in [5.41, 5.74) is 1.20. The number of benzene rings is 1. The fourth-order valence-corrected chi connectivity index (χ4v) is 2.12. The van der Waals surface area contributed by atoms with Crippen molar-refractivity contribution in [2.75, 3.05) is 13.1 Å². The minimum absolute atomic E-state index is 0.0699. The molecule has 0 aromatic heterocycles. The molecule has 0 amide bonds. The quantitative estimate of drug-likeness (QED) is 0.659. The topological polar surface area (TPSA) is 12.0 Å². The van der Waals surface area contributed by atoms with Crippen LogP contribution >= 0.6 is 0 Å². The summed E-state index contributed by atoms with van der Waals surface area (Å²) in [6, 6.07) is 10.4. The standard InChI is InChI=1S/C13H15N/c1-2-13(9-6-10-14-11-13)12-7-4-3-5-8-12/h1,3-5,7-8,14H,6,9-11H2. The first kappa shape index (κ1) is 9.30. The van der Waals surface area contributed by atoms with Crippen molar-refractivity contribution in [1.29, 1.82) is 0 Å². The lowest BCUT2D eigenvalue weighted by Crippen LogP contribution is -2.42. The number of rotatable bonds is 1. The van der Waals surface area contributed by atoms with Crippen molar-refractivity contribution in [1.82, 2.24) is 5.32 Å². The summed E-state index contributed by atoms with van der Waals surface area (Å²) in [6.45, 7) is 2.00. The van der Waals surface area contributed by atoms with Gasteiger partial charge in [-0.3, -0.25) is 0 Å². The molecular weight excluding hydrogens is 170 g/mol. The zero-order valence-electron chi connectivity index (χ0n) is 8.29. The Morgan fingerprint density at radius 2 is 2.07 bits per heavy atom. The van der Waals surface area contributed by atoms with Gasteiger partial charge in [0.05, 0.1) is 5.41 Å². The SMILES string of the molecule is C#CC1(c2ccccc2)CCCNC1. The van der Waals surface area contributed by atoms with Gasteiger partial charge in [-0.2, -0.15) is 0 Å². The van der Waals surface area contributed by atoms with E-state index in [1.165, 1.54) is 12.0 Å². The number of nitrogens with one attached hydrogen (secondary N) is 1. The zero-order valence-corrected chi connectivity index (χ0v) is 8.29. The molecule has 1 atom stereocenters. The Hall–Kier alpha value is -1.26. The van der Waals surface area contributed by atoms with Crippen LogP contribution in [0.2, 0.25) is 0 Å². The van der Waals surface area contributed by atoms with Crippen molar-refractivity contribution in [2.45, 2.75) is 18.3 Å². The Balaban J connectivity index is 2.33. The smallest absolute Gasteiger partial charge is 0.0684 e. The third-order valence-electron chi connectivity index (χ3n) is 2.99. The summed E-state index contributed by atoms with van der Waals surface area (Å²) in [4.78, 5) is 0. The van der Waals surface area contributed by atoms with Gasteiger partial charge in [0, 0.05) is 6.54 Å². The highest BCUT2D eigenvalue weighted by Gasteiger charge is 2.31. The van der Waals surface area contributed by atoms with E-state index in [-0.39, 0.29) is 5.41 Å². The van der Waals surface area contributed by atoms with Gasteiger partial charge in [0.15, 0.2) is 0 Å². The predicted octanol–water partition coefficient (Wildman–Crippen LogP) is 1.94. The molecule has 14 heavy (non-hydrogen) atoms. The van der Waals surface area contributed by atoms with E-state index < -0.39 is 0 Å². The third kappa shape index (κ3) is 1.54. The number of terminal acetylenes is 1. The van der Waals surface area contributed by atoms with Gasteiger partial charge in [-0.1, -0.05) is 36.3 Å². The molecule has 1 N–H and O–H groups in total. The molecule has 1 fully saturated rings.